The van der Waals surface area contributed by atoms with Crippen LogP contribution >= 0.6 is 0 Å². The first-order chi connectivity index (χ1) is 13.3. The monoisotopic (exact) mass is 357 g/mol. The molecule has 1 aliphatic carbocycles. The van der Waals surface area contributed by atoms with Gasteiger partial charge in [-0.1, -0.05) is 30.3 Å². The highest BCUT2D eigenvalue weighted by Crippen LogP contribution is 2.37. The maximum Gasteiger partial charge on any atom is 0.119 e. The molecule has 0 saturated heterocycles. The van der Waals surface area contributed by atoms with Crippen molar-refractivity contribution in [3.63, 3.8) is 0 Å². The van der Waals surface area contributed by atoms with Crippen LogP contribution in [0.5, 0.6) is 0 Å². The molecule has 1 aromatic heterocycles. The Kier molecular flexibility index (Phi) is 3.97. The molecule has 1 aliphatic heterocycles. The molecule has 1 saturated carbocycles. The van der Waals surface area contributed by atoms with Gasteiger partial charge in [-0.05, 0) is 55.7 Å². The van der Waals surface area contributed by atoms with E-state index in [9.17, 15) is 0 Å². The Labute approximate surface area is 159 Å². The van der Waals surface area contributed by atoms with Gasteiger partial charge < -0.3 is 9.64 Å². The number of aromatic nitrogens is 2. The van der Waals surface area contributed by atoms with E-state index in [2.05, 4.69) is 59.1 Å². The Morgan fingerprint density at radius 2 is 1.96 bits per heavy atom. The van der Waals surface area contributed by atoms with E-state index in [0.29, 0.717) is 12.6 Å². The highest BCUT2D eigenvalue weighted by atomic mass is 16.5. The molecule has 0 unspecified atom stereocenters. The minimum atomic E-state index is 0.600. The molecular weight excluding hydrogens is 334 g/mol. The molecular formula is C23H23N3O. The number of rotatable bonds is 5. The number of hydrogen-bond donors (Lipinski definition) is 0. The third-order valence-electron chi connectivity index (χ3n) is 5.31. The van der Waals surface area contributed by atoms with Crippen LogP contribution in [0.1, 0.15) is 30.1 Å². The average molecular weight is 357 g/mol. The molecule has 3 aromatic rings. The standard InChI is InChI=1S/C23H23N3O/c1-17-22-15-20(9-10-23(22)24-26(17)19-7-8-19)25-13-11-21(12-14-25)27-16-18-5-3-2-4-6-18/h2-6,9-13,15,19H,7-8,14,16H2,1H3. The number of anilines is 1. The number of aryl methyl sites for hydroxylation is 1. The highest BCUT2D eigenvalue weighted by molar-refractivity contribution is 5.85. The Balaban J connectivity index is 1.29. The van der Waals surface area contributed by atoms with Crippen LogP contribution in [0.4, 0.5) is 5.69 Å². The summed E-state index contributed by atoms with van der Waals surface area (Å²) in [5, 5.41) is 6.03. The van der Waals surface area contributed by atoms with E-state index < -0.39 is 0 Å². The van der Waals surface area contributed by atoms with Crippen molar-refractivity contribution in [1.82, 2.24) is 9.78 Å². The quantitative estimate of drug-likeness (QED) is 0.635. The van der Waals surface area contributed by atoms with Crippen LogP contribution in [0.3, 0.4) is 0 Å². The van der Waals surface area contributed by atoms with Gasteiger partial charge in [0.1, 0.15) is 12.4 Å². The van der Waals surface area contributed by atoms with Crippen molar-refractivity contribution in [1.29, 1.82) is 0 Å². The number of nitrogens with zero attached hydrogens (tertiary/aromatic N) is 3. The highest BCUT2D eigenvalue weighted by Gasteiger charge is 2.26. The maximum absolute atomic E-state index is 5.91. The summed E-state index contributed by atoms with van der Waals surface area (Å²) < 4.78 is 8.12. The topological polar surface area (TPSA) is 30.3 Å². The van der Waals surface area contributed by atoms with E-state index in [1.807, 2.05) is 24.3 Å². The predicted octanol–water partition coefficient (Wildman–Crippen LogP) is 5.11. The smallest absolute Gasteiger partial charge is 0.119 e. The fourth-order valence-electron chi connectivity index (χ4n) is 3.59. The van der Waals surface area contributed by atoms with E-state index in [1.54, 1.807) is 0 Å². The van der Waals surface area contributed by atoms with Crippen LogP contribution in [0.25, 0.3) is 10.9 Å². The normalized spacial score (nSPS) is 16.6. The van der Waals surface area contributed by atoms with Crippen molar-refractivity contribution < 1.29 is 4.74 Å². The number of fused-ring (bicyclic) bond motifs is 1. The molecule has 2 aromatic carbocycles. The van der Waals surface area contributed by atoms with Gasteiger partial charge in [0.2, 0.25) is 0 Å². The van der Waals surface area contributed by atoms with Gasteiger partial charge in [-0.2, -0.15) is 5.10 Å². The second-order valence-electron chi connectivity index (χ2n) is 7.31. The van der Waals surface area contributed by atoms with Gasteiger partial charge in [0.05, 0.1) is 11.6 Å². The van der Waals surface area contributed by atoms with Crippen LogP contribution in [-0.2, 0) is 11.3 Å². The minimum Gasteiger partial charge on any atom is -0.489 e. The third kappa shape index (κ3) is 3.23. The van der Waals surface area contributed by atoms with Gasteiger partial charge in [0, 0.05) is 29.5 Å². The molecule has 0 N–H and O–H groups in total. The summed E-state index contributed by atoms with van der Waals surface area (Å²) in [5.41, 5.74) is 4.74. The van der Waals surface area contributed by atoms with Crippen LogP contribution in [0, 0.1) is 6.92 Å². The zero-order valence-electron chi connectivity index (χ0n) is 15.5. The van der Waals surface area contributed by atoms with Crippen LogP contribution in [-0.4, -0.2) is 16.3 Å². The Bertz CT molecular complexity index is 1030. The van der Waals surface area contributed by atoms with E-state index in [0.717, 1.165) is 17.8 Å². The molecule has 1 fully saturated rings. The number of benzene rings is 2. The SMILES string of the molecule is Cc1c2cc(N3C=CC(OCc4ccccc4)=CC3)ccc2nn1C1CC1. The maximum atomic E-state index is 5.91. The second-order valence-corrected chi connectivity index (χ2v) is 7.31. The Hall–Kier alpha value is -3.01. The van der Waals surface area contributed by atoms with E-state index in [4.69, 9.17) is 9.84 Å². The molecule has 4 nitrogen and oxygen atoms in total. The van der Waals surface area contributed by atoms with Crippen molar-refractivity contribution in [2.45, 2.75) is 32.4 Å². The zero-order valence-corrected chi connectivity index (χ0v) is 15.5. The molecule has 0 bridgehead atoms. The summed E-state index contributed by atoms with van der Waals surface area (Å²) in [6.07, 6.45) is 8.78. The molecule has 0 atom stereocenters. The van der Waals surface area contributed by atoms with Crippen LogP contribution < -0.4 is 4.90 Å². The van der Waals surface area contributed by atoms with Crippen LogP contribution in [0.2, 0.25) is 0 Å². The summed E-state index contributed by atoms with van der Waals surface area (Å²) in [4.78, 5) is 2.24. The van der Waals surface area contributed by atoms with E-state index in [1.165, 1.54) is 35.2 Å². The lowest BCUT2D eigenvalue weighted by atomic mass is 10.1. The number of ether oxygens (including phenoxy) is 1. The van der Waals surface area contributed by atoms with E-state index in [-0.39, 0.29) is 0 Å². The zero-order chi connectivity index (χ0) is 18.2. The van der Waals surface area contributed by atoms with Crippen molar-refractivity contribution in [2.24, 2.45) is 0 Å². The molecule has 136 valence electrons. The van der Waals surface area contributed by atoms with Crippen molar-refractivity contribution in [3.05, 3.63) is 83.9 Å². The summed E-state index contributed by atoms with van der Waals surface area (Å²) >= 11 is 0. The van der Waals surface area contributed by atoms with Gasteiger partial charge in [0.25, 0.3) is 0 Å². The van der Waals surface area contributed by atoms with Gasteiger partial charge >= 0.3 is 0 Å². The molecule has 0 radical (unpaired) electrons. The molecule has 0 amide bonds. The lowest BCUT2D eigenvalue weighted by Crippen LogP contribution is -2.19. The molecule has 2 heterocycles. The molecule has 5 rings (SSSR count). The van der Waals surface area contributed by atoms with Crippen molar-refractivity contribution >= 4 is 16.6 Å². The predicted molar refractivity (Wildman–Crippen MR) is 109 cm³/mol. The lowest BCUT2D eigenvalue weighted by molar-refractivity contribution is 0.209. The van der Waals surface area contributed by atoms with Crippen molar-refractivity contribution in [2.75, 3.05) is 11.4 Å². The first kappa shape index (κ1) is 16.2. The van der Waals surface area contributed by atoms with Gasteiger partial charge in [-0.15, -0.1) is 0 Å². The fraction of sp³-hybridized carbons (Fsp3) is 0.261. The molecule has 2 aliphatic rings. The first-order valence-electron chi connectivity index (χ1n) is 9.58. The summed E-state index contributed by atoms with van der Waals surface area (Å²) in [6, 6.07) is 17.4. The third-order valence-corrected chi connectivity index (χ3v) is 5.31. The van der Waals surface area contributed by atoms with Crippen LogP contribution in [0.15, 0.2) is 72.6 Å². The molecule has 0 spiro atoms. The fourth-order valence-corrected chi connectivity index (χ4v) is 3.59. The largest absolute Gasteiger partial charge is 0.489 e. The van der Waals surface area contributed by atoms with Crippen molar-refractivity contribution in [3.8, 4) is 0 Å². The van der Waals surface area contributed by atoms with Gasteiger partial charge in [-0.25, -0.2) is 0 Å². The second kappa shape index (κ2) is 6.62. The number of allylic oxidation sites excluding steroid dienone is 1. The lowest BCUT2D eigenvalue weighted by Gasteiger charge is -2.23. The van der Waals surface area contributed by atoms with E-state index >= 15 is 0 Å². The first-order valence-corrected chi connectivity index (χ1v) is 9.58. The molecule has 27 heavy (non-hydrogen) atoms. The van der Waals surface area contributed by atoms with Gasteiger partial charge in [0.15, 0.2) is 0 Å². The molecule has 4 heteroatoms. The summed E-state index contributed by atoms with van der Waals surface area (Å²) in [6.45, 7) is 3.59. The summed E-state index contributed by atoms with van der Waals surface area (Å²) in [7, 11) is 0. The Morgan fingerprint density at radius 3 is 2.70 bits per heavy atom. The Morgan fingerprint density at radius 1 is 1.11 bits per heavy atom. The van der Waals surface area contributed by atoms with Gasteiger partial charge in [-0.3, -0.25) is 4.68 Å². The average Bonchev–Trinajstić information content (AvgIpc) is 3.51. The minimum absolute atomic E-state index is 0.600. The number of hydrogen-bond acceptors (Lipinski definition) is 3. The summed E-state index contributed by atoms with van der Waals surface area (Å²) in [5.74, 6) is 0.925.